The topological polar surface area (TPSA) is 30.7 Å². The van der Waals surface area contributed by atoms with E-state index < -0.39 is 0 Å². The Morgan fingerprint density at radius 3 is 2.79 bits per heavy atom. The molecule has 14 heavy (non-hydrogen) atoms. The third-order valence-corrected chi connectivity index (χ3v) is 2.67. The lowest BCUT2D eigenvalue weighted by molar-refractivity contribution is 0.801. The number of alkyl halides is 1. The van der Waals surface area contributed by atoms with Gasteiger partial charge in [-0.05, 0) is 12.1 Å². The monoisotopic (exact) mass is 271 g/mol. The highest BCUT2D eigenvalue weighted by molar-refractivity contribution is 9.08. The number of halogens is 2. The number of aromatic nitrogens is 3. The number of benzene rings is 1. The molecule has 0 spiro atoms. The molecule has 0 aliphatic carbocycles. The third-order valence-electron chi connectivity index (χ3n) is 1.78. The van der Waals surface area contributed by atoms with Crippen LogP contribution in [0, 0.1) is 0 Å². The van der Waals surface area contributed by atoms with Crippen LogP contribution in [-0.4, -0.2) is 15.0 Å². The fraction of sp³-hybridized carbons (Fsp3) is 0.111. The van der Waals surface area contributed by atoms with Gasteiger partial charge in [0.1, 0.15) is 0 Å². The molecule has 0 saturated heterocycles. The first-order chi connectivity index (χ1) is 6.81. The van der Waals surface area contributed by atoms with Crippen LogP contribution in [0.1, 0.15) is 5.69 Å². The molecule has 0 aliphatic heterocycles. The summed E-state index contributed by atoms with van der Waals surface area (Å²) in [7, 11) is 0. The first-order valence-corrected chi connectivity index (χ1v) is 5.53. The number of para-hydroxylation sites is 1. The van der Waals surface area contributed by atoms with Crippen LogP contribution in [-0.2, 0) is 5.33 Å². The van der Waals surface area contributed by atoms with Gasteiger partial charge in [-0.1, -0.05) is 44.9 Å². The van der Waals surface area contributed by atoms with Crippen molar-refractivity contribution in [3.8, 4) is 5.69 Å². The fourth-order valence-electron chi connectivity index (χ4n) is 1.11. The van der Waals surface area contributed by atoms with E-state index in [1.807, 2.05) is 30.5 Å². The Bertz CT molecular complexity index is 441. The van der Waals surface area contributed by atoms with Crippen molar-refractivity contribution in [1.29, 1.82) is 0 Å². The second-order valence-corrected chi connectivity index (χ2v) is 3.71. The predicted molar refractivity (Wildman–Crippen MR) is 59.0 cm³/mol. The number of hydrogen-bond donors (Lipinski definition) is 0. The van der Waals surface area contributed by atoms with Crippen molar-refractivity contribution in [3.63, 3.8) is 0 Å². The van der Waals surface area contributed by atoms with Crippen LogP contribution in [0.4, 0.5) is 0 Å². The van der Waals surface area contributed by atoms with Crippen molar-refractivity contribution in [3.05, 3.63) is 41.2 Å². The Kier molecular flexibility index (Phi) is 2.84. The first kappa shape index (κ1) is 9.68. The highest BCUT2D eigenvalue weighted by Gasteiger charge is 2.04. The molecule has 1 aromatic carbocycles. The molecule has 0 radical (unpaired) electrons. The van der Waals surface area contributed by atoms with E-state index in [0.29, 0.717) is 10.4 Å². The highest BCUT2D eigenvalue weighted by atomic mass is 79.9. The molecule has 0 unspecified atom stereocenters. The first-order valence-electron chi connectivity index (χ1n) is 4.03. The van der Waals surface area contributed by atoms with E-state index >= 15 is 0 Å². The van der Waals surface area contributed by atoms with Gasteiger partial charge < -0.3 is 0 Å². The van der Waals surface area contributed by atoms with E-state index in [0.717, 1.165) is 11.4 Å². The van der Waals surface area contributed by atoms with Crippen LogP contribution >= 0.6 is 27.5 Å². The molecule has 0 N–H and O–H groups in total. The summed E-state index contributed by atoms with van der Waals surface area (Å²) in [6.45, 7) is 0. The maximum absolute atomic E-state index is 6.01. The van der Waals surface area contributed by atoms with Gasteiger partial charge in [-0.25, -0.2) is 4.68 Å². The zero-order valence-electron chi connectivity index (χ0n) is 7.19. The molecule has 2 aromatic rings. The van der Waals surface area contributed by atoms with Gasteiger partial charge in [-0.15, -0.1) is 5.10 Å². The van der Waals surface area contributed by atoms with Gasteiger partial charge in [0.2, 0.25) is 0 Å². The molecule has 0 aliphatic rings. The minimum absolute atomic E-state index is 0.665. The average molecular weight is 273 g/mol. The summed E-state index contributed by atoms with van der Waals surface area (Å²) in [5.41, 5.74) is 1.72. The van der Waals surface area contributed by atoms with Gasteiger partial charge in [0.25, 0.3) is 0 Å². The molecule has 0 fully saturated rings. The molecule has 0 amide bonds. The second kappa shape index (κ2) is 4.11. The number of nitrogens with zero attached hydrogens (tertiary/aromatic N) is 3. The summed E-state index contributed by atoms with van der Waals surface area (Å²) in [5.74, 6) is 0. The summed E-state index contributed by atoms with van der Waals surface area (Å²) >= 11 is 9.32. The molecular weight excluding hydrogens is 265 g/mol. The maximum atomic E-state index is 6.01. The SMILES string of the molecule is Clc1ccccc1-n1cc(CBr)nn1. The second-order valence-electron chi connectivity index (χ2n) is 2.74. The largest absolute Gasteiger partial charge is 0.219 e. The van der Waals surface area contributed by atoms with Crippen LogP contribution in [0.25, 0.3) is 5.69 Å². The molecule has 1 aromatic heterocycles. The maximum Gasteiger partial charge on any atom is 0.0937 e. The summed E-state index contributed by atoms with van der Waals surface area (Å²) in [6, 6.07) is 7.52. The van der Waals surface area contributed by atoms with Crippen molar-refractivity contribution < 1.29 is 0 Å². The molecular formula is C9H7BrClN3. The zero-order valence-corrected chi connectivity index (χ0v) is 9.53. The Balaban J connectivity index is 2.44. The lowest BCUT2D eigenvalue weighted by Crippen LogP contribution is -1.95. The van der Waals surface area contributed by atoms with E-state index in [1.165, 1.54) is 0 Å². The zero-order chi connectivity index (χ0) is 9.97. The van der Waals surface area contributed by atoms with Gasteiger partial charge in [-0.3, -0.25) is 0 Å². The summed E-state index contributed by atoms with van der Waals surface area (Å²) in [5, 5.41) is 9.29. The lowest BCUT2D eigenvalue weighted by Gasteiger charge is -2.00. The summed E-state index contributed by atoms with van der Waals surface area (Å²) in [4.78, 5) is 0. The smallest absolute Gasteiger partial charge is 0.0937 e. The van der Waals surface area contributed by atoms with Crippen LogP contribution < -0.4 is 0 Å². The molecule has 0 bridgehead atoms. The van der Waals surface area contributed by atoms with Crippen molar-refractivity contribution in [2.24, 2.45) is 0 Å². The molecule has 5 heteroatoms. The highest BCUT2D eigenvalue weighted by Crippen LogP contribution is 2.18. The molecule has 3 nitrogen and oxygen atoms in total. The van der Waals surface area contributed by atoms with Crippen LogP contribution in [0.2, 0.25) is 5.02 Å². The van der Waals surface area contributed by atoms with Crippen molar-refractivity contribution >= 4 is 27.5 Å². The van der Waals surface area contributed by atoms with E-state index in [-0.39, 0.29) is 0 Å². The van der Waals surface area contributed by atoms with Crippen LogP contribution in [0.5, 0.6) is 0 Å². The Labute approximate surface area is 94.8 Å². The minimum Gasteiger partial charge on any atom is -0.219 e. The minimum atomic E-state index is 0.665. The number of rotatable bonds is 2. The quantitative estimate of drug-likeness (QED) is 0.787. The normalized spacial score (nSPS) is 10.4. The summed E-state index contributed by atoms with van der Waals surface area (Å²) in [6.07, 6.45) is 1.84. The van der Waals surface area contributed by atoms with Crippen molar-refractivity contribution in [1.82, 2.24) is 15.0 Å². The summed E-state index contributed by atoms with van der Waals surface area (Å²) < 4.78 is 1.67. The van der Waals surface area contributed by atoms with E-state index in [2.05, 4.69) is 26.2 Å². The Morgan fingerprint density at radius 1 is 1.36 bits per heavy atom. The van der Waals surface area contributed by atoms with E-state index in [9.17, 15) is 0 Å². The van der Waals surface area contributed by atoms with Crippen LogP contribution in [0.3, 0.4) is 0 Å². The molecule has 2 rings (SSSR count). The average Bonchev–Trinajstić information content (AvgIpc) is 2.67. The van der Waals surface area contributed by atoms with Gasteiger partial charge in [0.15, 0.2) is 0 Å². The Hall–Kier alpha value is -0.870. The third kappa shape index (κ3) is 1.81. The lowest BCUT2D eigenvalue weighted by atomic mass is 10.3. The van der Waals surface area contributed by atoms with Gasteiger partial charge in [0.05, 0.1) is 22.6 Å². The fourth-order valence-corrected chi connectivity index (χ4v) is 1.59. The van der Waals surface area contributed by atoms with Gasteiger partial charge >= 0.3 is 0 Å². The predicted octanol–water partition coefficient (Wildman–Crippen LogP) is 2.82. The molecule has 72 valence electrons. The van der Waals surface area contributed by atoms with Gasteiger partial charge in [-0.2, -0.15) is 0 Å². The molecule has 0 saturated carbocycles. The van der Waals surface area contributed by atoms with E-state index in [4.69, 9.17) is 11.6 Å². The van der Waals surface area contributed by atoms with Gasteiger partial charge in [0, 0.05) is 5.33 Å². The number of hydrogen-bond acceptors (Lipinski definition) is 2. The standard InChI is InChI=1S/C9H7BrClN3/c10-5-7-6-14(13-12-7)9-4-2-1-3-8(9)11/h1-4,6H,5H2. The van der Waals surface area contributed by atoms with Crippen LogP contribution in [0.15, 0.2) is 30.5 Å². The van der Waals surface area contributed by atoms with Crippen molar-refractivity contribution in [2.75, 3.05) is 0 Å². The van der Waals surface area contributed by atoms with E-state index in [1.54, 1.807) is 4.68 Å². The molecule has 1 heterocycles. The van der Waals surface area contributed by atoms with Crippen molar-refractivity contribution in [2.45, 2.75) is 5.33 Å². The Morgan fingerprint density at radius 2 is 2.14 bits per heavy atom. The molecule has 0 atom stereocenters.